The highest BCUT2D eigenvalue weighted by atomic mass is 79.9. The van der Waals surface area contributed by atoms with Crippen LogP contribution in [0.3, 0.4) is 0 Å². The summed E-state index contributed by atoms with van der Waals surface area (Å²) in [5, 5.41) is 1.05. The lowest BCUT2D eigenvalue weighted by molar-refractivity contribution is 0.340. The van der Waals surface area contributed by atoms with Crippen LogP contribution in [0, 0.1) is 0 Å². The molecule has 0 heterocycles. The van der Waals surface area contributed by atoms with Crippen LogP contribution in [0.1, 0.15) is 6.92 Å². The van der Waals surface area contributed by atoms with Crippen LogP contribution in [0.2, 0.25) is 10.0 Å². The molecule has 0 atom stereocenters. The van der Waals surface area contributed by atoms with Gasteiger partial charge in [-0.2, -0.15) is 0 Å². The molecule has 0 radical (unpaired) electrons. The standard InChI is InChI=1S/C8H7BrCl2O/c1-2-12-8-6(10)4-3-5(9)7(8)11/h3-4H,2H2,1H3. The van der Waals surface area contributed by atoms with E-state index in [0.29, 0.717) is 22.4 Å². The van der Waals surface area contributed by atoms with Crippen LogP contribution in [0.25, 0.3) is 0 Å². The predicted octanol–water partition coefficient (Wildman–Crippen LogP) is 4.15. The Morgan fingerprint density at radius 3 is 2.67 bits per heavy atom. The molecular weight excluding hydrogens is 263 g/mol. The molecule has 1 nitrogen and oxygen atoms in total. The molecule has 12 heavy (non-hydrogen) atoms. The van der Waals surface area contributed by atoms with Gasteiger partial charge in [0.15, 0.2) is 5.75 Å². The van der Waals surface area contributed by atoms with Gasteiger partial charge in [-0.25, -0.2) is 0 Å². The van der Waals surface area contributed by atoms with Gasteiger partial charge in [-0.15, -0.1) is 0 Å². The molecule has 0 unspecified atom stereocenters. The van der Waals surface area contributed by atoms with Gasteiger partial charge < -0.3 is 4.74 Å². The Hall–Kier alpha value is 0.0800. The van der Waals surface area contributed by atoms with Crippen LogP contribution in [0.5, 0.6) is 5.75 Å². The van der Waals surface area contributed by atoms with Gasteiger partial charge in [0.2, 0.25) is 0 Å². The Bertz CT molecular complexity index is 289. The summed E-state index contributed by atoms with van der Waals surface area (Å²) >= 11 is 15.1. The summed E-state index contributed by atoms with van der Waals surface area (Å²) in [6, 6.07) is 3.52. The molecule has 0 bridgehead atoms. The van der Waals surface area contributed by atoms with Gasteiger partial charge in [-0.3, -0.25) is 0 Å². The van der Waals surface area contributed by atoms with E-state index in [-0.39, 0.29) is 0 Å². The van der Waals surface area contributed by atoms with Crippen molar-refractivity contribution in [1.29, 1.82) is 0 Å². The van der Waals surface area contributed by atoms with Crippen molar-refractivity contribution in [2.45, 2.75) is 6.92 Å². The minimum Gasteiger partial charge on any atom is -0.491 e. The second kappa shape index (κ2) is 4.35. The van der Waals surface area contributed by atoms with Crippen molar-refractivity contribution in [2.24, 2.45) is 0 Å². The van der Waals surface area contributed by atoms with Gasteiger partial charge in [0.25, 0.3) is 0 Å². The monoisotopic (exact) mass is 268 g/mol. The molecule has 1 rings (SSSR count). The quantitative estimate of drug-likeness (QED) is 0.733. The van der Waals surface area contributed by atoms with Crippen LogP contribution < -0.4 is 4.74 Å². The third-order valence-corrected chi connectivity index (χ3v) is 2.85. The molecule has 0 aromatic heterocycles. The highest BCUT2D eigenvalue weighted by molar-refractivity contribution is 9.10. The molecule has 0 spiro atoms. The molecule has 4 heteroatoms. The van der Waals surface area contributed by atoms with E-state index in [4.69, 9.17) is 27.9 Å². The van der Waals surface area contributed by atoms with Crippen molar-refractivity contribution in [3.63, 3.8) is 0 Å². The van der Waals surface area contributed by atoms with Crippen molar-refractivity contribution in [2.75, 3.05) is 6.61 Å². The van der Waals surface area contributed by atoms with Gasteiger partial charge in [0.1, 0.15) is 0 Å². The van der Waals surface area contributed by atoms with Crippen LogP contribution in [-0.4, -0.2) is 6.61 Å². The number of hydrogen-bond acceptors (Lipinski definition) is 1. The summed E-state index contributed by atoms with van der Waals surface area (Å²) in [4.78, 5) is 0. The summed E-state index contributed by atoms with van der Waals surface area (Å²) in [5.74, 6) is 0.537. The first-order valence-electron chi connectivity index (χ1n) is 3.43. The Kier molecular flexibility index (Phi) is 3.69. The average Bonchev–Trinajstić information content (AvgIpc) is 2.06. The van der Waals surface area contributed by atoms with Crippen molar-refractivity contribution < 1.29 is 4.74 Å². The maximum atomic E-state index is 5.92. The molecule has 0 aliphatic carbocycles. The van der Waals surface area contributed by atoms with E-state index in [1.54, 1.807) is 12.1 Å². The maximum absolute atomic E-state index is 5.92. The van der Waals surface area contributed by atoms with E-state index in [0.717, 1.165) is 4.47 Å². The van der Waals surface area contributed by atoms with Crippen molar-refractivity contribution in [1.82, 2.24) is 0 Å². The Morgan fingerprint density at radius 2 is 2.08 bits per heavy atom. The normalized spacial score (nSPS) is 10.0. The van der Waals surface area contributed by atoms with Crippen LogP contribution >= 0.6 is 39.1 Å². The molecule has 0 aliphatic rings. The van der Waals surface area contributed by atoms with Gasteiger partial charge in [-0.05, 0) is 35.0 Å². The fraction of sp³-hybridized carbons (Fsp3) is 0.250. The molecular formula is C8H7BrCl2O. The summed E-state index contributed by atoms with van der Waals surface area (Å²) in [6.07, 6.45) is 0. The maximum Gasteiger partial charge on any atom is 0.157 e. The SMILES string of the molecule is CCOc1c(Cl)ccc(Br)c1Cl. The Balaban J connectivity index is 3.14. The zero-order chi connectivity index (χ0) is 9.14. The van der Waals surface area contributed by atoms with Gasteiger partial charge in [0, 0.05) is 4.47 Å². The molecule has 1 aromatic carbocycles. The van der Waals surface area contributed by atoms with E-state index < -0.39 is 0 Å². The van der Waals surface area contributed by atoms with E-state index in [2.05, 4.69) is 15.9 Å². The second-order valence-electron chi connectivity index (χ2n) is 2.11. The first-order chi connectivity index (χ1) is 5.66. The molecule has 0 aliphatic heterocycles. The zero-order valence-corrected chi connectivity index (χ0v) is 9.50. The third kappa shape index (κ3) is 2.06. The third-order valence-electron chi connectivity index (χ3n) is 1.29. The first-order valence-corrected chi connectivity index (χ1v) is 4.98. The van der Waals surface area contributed by atoms with Crippen LogP contribution in [0.4, 0.5) is 0 Å². The Morgan fingerprint density at radius 1 is 1.42 bits per heavy atom. The van der Waals surface area contributed by atoms with Gasteiger partial charge in [0.05, 0.1) is 16.7 Å². The van der Waals surface area contributed by atoms with Crippen LogP contribution in [-0.2, 0) is 0 Å². The van der Waals surface area contributed by atoms with Gasteiger partial charge in [-0.1, -0.05) is 23.2 Å². The highest BCUT2D eigenvalue weighted by Crippen LogP contribution is 2.37. The lowest BCUT2D eigenvalue weighted by atomic mass is 10.3. The van der Waals surface area contributed by atoms with E-state index in [1.165, 1.54) is 0 Å². The van der Waals surface area contributed by atoms with Gasteiger partial charge >= 0.3 is 0 Å². The van der Waals surface area contributed by atoms with Crippen LogP contribution in [0.15, 0.2) is 16.6 Å². The number of hydrogen-bond donors (Lipinski definition) is 0. The van der Waals surface area contributed by atoms with E-state index >= 15 is 0 Å². The molecule has 0 saturated carbocycles. The fourth-order valence-corrected chi connectivity index (χ4v) is 1.58. The lowest BCUT2D eigenvalue weighted by Crippen LogP contribution is -1.93. The number of rotatable bonds is 2. The largest absolute Gasteiger partial charge is 0.491 e. The minimum atomic E-state index is 0.518. The minimum absolute atomic E-state index is 0.518. The van der Waals surface area contributed by atoms with E-state index in [1.807, 2.05) is 6.92 Å². The summed E-state index contributed by atoms with van der Waals surface area (Å²) < 4.78 is 6.04. The summed E-state index contributed by atoms with van der Waals surface area (Å²) in [5.41, 5.74) is 0. The predicted molar refractivity (Wildman–Crippen MR) is 55.3 cm³/mol. The topological polar surface area (TPSA) is 9.23 Å². The lowest BCUT2D eigenvalue weighted by Gasteiger charge is -2.08. The number of benzene rings is 1. The summed E-state index contributed by atoms with van der Waals surface area (Å²) in [6.45, 7) is 2.43. The molecule has 0 amide bonds. The first kappa shape index (κ1) is 10.2. The fourth-order valence-electron chi connectivity index (χ4n) is 0.785. The molecule has 1 aromatic rings. The van der Waals surface area contributed by atoms with Crippen molar-refractivity contribution in [3.05, 3.63) is 26.7 Å². The highest BCUT2D eigenvalue weighted by Gasteiger charge is 2.09. The molecule has 0 fully saturated rings. The molecule has 66 valence electrons. The van der Waals surface area contributed by atoms with Crippen molar-refractivity contribution >= 4 is 39.1 Å². The van der Waals surface area contributed by atoms with E-state index in [9.17, 15) is 0 Å². The molecule has 0 saturated heterocycles. The van der Waals surface area contributed by atoms with Crippen molar-refractivity contribution in [3.8, 4) is 5.75 Å². The Labute approximate surface area is 89.7 Å². The summed E-state index contributed by atoms with van der Waals surface area (Å²) in [7, 11) is 0. The average molecular weight is 270 g/mol. The number of ether oxygens (including phenoxy) is 1. The zero-order valence-electron chi connectivity index (χ0n) is 6.40. The second-order valence-corrected chi connectivity index (χ2v) is 3.74. The number of halogens is 3. The molecule has 0 N–H and O–H groups in total. The smallest absolute Gasteiger partial charge is 0.157 e.